The number of halogens is 1. The molecule has 0 bridgehead atoms. The molecule has 6 rings (SSSR count). The van der Waals surface area contributed by atoms with Crippen molar-refractivity contribution in [1.82, 2.24) is 15.5 Å². The molecule has 4 aromatic rings. The van der Waals surface area contributed by atoms with Crippen LogP contribution in [0, 0.1) is 0 Å². The van der Waals surface area contributed by atoms with E-state index in [4.69, 9.17) is 30.5 Å². The minimum Gasteiger partial charge on any atom is -0.454 e. The van der Waals surface area contributed by atoms with Gasteiger partial charge < -0.3 is 24.3 Å². The van der Waals surface area contributed by atoms with Gasteiger partial charge >= 0.3 is 0 Å². The first-order chi connectivity index (χ1) is 18.7. The molecule has 1 N–H and O–H groups in total. The molecule has 0 unspecified atom stereocenters. The van der Waals surface area contributed by atoms with E-state index in [1.807, 2.05) is 42.5 Å². The number of hydrogen-bond donors (Lipinski definition) is 1. The number of fused-ring (bicyclic) bond motifs is 2. The highest BCUT2D eigenvalue weighted by Gasteiger charge is 2.24. The summed E-state index contributed by atoms with van der Waals surface area (Å²) in [6.45, 7) is 3.14. The number of nitrogens with zero attached hydrogens (tertiary/aromatic N) is 2. The van der Waals surface area contributed by atoms with E-state index < -0.39 is 0 Å². The molecule has 0 atom stereocenters. The summed E-state index contributed by atoms with van der Waals surface area (Å²) in [7, 11) is 0. The zero-order valence-corrected chi connectivity index (χ0v) is 21.8. The summed E-state index contributed by atoms with van der Waals surface area (Å²) in [5, 5.41) is 13.0. The van der Waals surface area contributed by atoms with E-state index in [1.54, 1.807) is 0 Å². The second kappa shape index (κ2) is 10.9. The zero-order chi connectivity index (χ0) is 25.9. The Balaban J connectivity index is 1.38. The second-order valence-corrected chi connectivity index (χ2v) is 9.66. The largest absolute Gasteiger partial charge is 0.454 e. The number of hydrogen-bond acceptors (Lipinski definition) is 7. The molecular weight excluding hydrogens is 502 g/mol. The summed E-state index contributed by atoms with van der Waals surface area (Å²) in [6.07, 6.45) is 2.96. The lowest BCUT2D eigenvalue weighted by atomic mass is 9.95. The first kappa shape index (κ1) is 24.5. The average molecular weight is 530 g/mol. The van der Waals surface area contributed by atoms with Gasteiger partial charge in [0.2, 0.25) is 13.6 Å². The van der Waals surface area contributed by atoms with Gasteiger partial charge in [-0.25, -0.2) is 0 Å². The number of benzene rings is 3. The van der Waals surface area contributed by atoms with Gasteiger partial charge in [-0.2, -0.15) is 0 Å². The first-order valence-electron chi connectivity index (χ1n) is 12.8. The SMILES string of the molecule is CCCCc1c(-c2ccccc2)nnc(Cl)c1CNC(c1ccc2c(c1)OCO2)c1ccc2c(c1)OCO2. The molecule has 2 aliphatic rings. The van der Waals surface area contributed by atoms with E-state index in [0.717, 1.165) is 75.8 Å². The highest BCUT2D eigenvalue weighted by molar-refractivity contribution is 6.30. The third-order valence-corrected chi connectivity index (χ3v) is 7.21. The number of ether oxygens (including phenoxy) is 4. The fourth-order valence-electron chi connectivity index (χ4n) is 4.93. The topological polar surface area (TPSA) is 74.7 Å². The molecule has 0 saturated heterocycles. The Labute approximate surface area is 226 Å². The molecule has 0 radical (unpaired) electrons. The van der Waals surface area contributed by atoms with Gasteiger partial charge in [-0.05, 0) is 53.8 Å². The molecule has 8 heteroatoms. The number of unbranched alkanes of at least 4 members (excludes halogenated alkanes) is 1. The fourth-order valence-corrected chi connectivity index (χ4v) is 5.15. The molecule has 0 amide bonds. The van der Waals surface area contributed by atoms with Crippen molar-refractivity contribution in [3.8, 4) is 34.3 Å². The standard InChI is InChI=1S/C30H28ClN3O4/c1-2-3-9-22-23(30(31)34-33-29(22)19-7-5-4-6-8-19)16-32-28(20-10-12-24-26(14-20)37-17-35-24)21-11-13-25-27(15-21)38-18-36-25/h4-8,10-15,28,32H,2-3,9,16-18H2,1H3. The van der Waals surface area contributed by atoms with E-state index in [1.165, 1.54) is 0 Å². The summed E-state index contributed by atoms with van der Waals surface area (Å²) in [5.74, 6) is 2.95. The van der Waals surface area contributed by atoms with Crippen molar-refractivity contribution in [3.63, 3.8) is 0 Å². The number of aromatic nitrogens is 2. The normalized spacial score (nSPS) is 13.3. The summed E-state index contributed by atoms with van der Waals surface area (Å²) < 4.78 is 22.4. The number of nitrogens with one attached hydrogen (secondary N) is 1. The third kappa shape index (κ3) is 4.87. The Kier molecular flexibility index (Phi) is 7.03. The van der Waals surface area contributed by atoms with Gasteiger partial charge in [0, 0.05) is 17.7 Å². The van der Waals surface area contributed by atoms with Crippen LogP contribution in [0.5, 0.6) is 23.0 Å². The van der Waals surface area contributed by atoms with Crippen LogP contribution in [0.15, 0.2) is 66.7 Å². The van der Waals surface area contributed by atoms with E-state index in [9.17, 15) is 0 Å². The summed E-state index contributed by atoms with van der Waals surface area (Å²) in [5.41, 5.74) is 6.06. The molecule has 7 nitrogen and oxygen atoms in total. The Morgan fingerprint density at radius 2 is 1.42 bits per heavy atom. The Bertz CT molecular complexity index is 1390. The Morgan fingerprint density at radius 3 is 2.05 bits per heavy atom. The third-order valence-electron chi connectivity index (χ3n) is 6.91. The van der Waals surface area contributed by atoms with Crippen LogP contribution in [-0.2, 0) is 13.0 Å². The predicted molar refractivity (Wildman–Crippen MR) is 145 cm³/mol. The van der Waals surface area contributed by atoms with Crippen molar-refractivity contribution in [2.24, 2.45) is 0 Å². The first-order valence-corrected chi connectivity index (χ1v) is 13.2. The van der Waals surface area contributed by atoms with E-state index in [0.29, 0.717) is 11.7 Å². The van der Waals surface area contributed by atoms with Gasteiger partial charge in [0.1, 0.15) is 0 Å². The second-order valence-electron chi connectivity index (χ2n) is 9.31. The predicted octanol–water partition coefficient (Wildman–Crippen LogP) is 6.48. The lowest BCUT2D eigenvalue weighted by Crippen LogP contribution is -2.23. The molecule has 0 fully saturated rings. The summed E-state index contributed by atoms with van der Waals surface area (Å²) in [6, 6.07) is 22.0. The van der Waals surface area contributed by atoms with Crippen molar-refractivity contribution < 1.29 is 18.9 Å². The Morgan fingerprint density at radius 1 is 0.789 bits per heavy atom. The maximum Gasteiger partial charge on any atom is 0.231 e. The lowest BCUT2D eigenvalue weighted by Gasteiger charge is -2.22. The molecule has 0 aliphatic carbocycles. The van der Waals surface area contributed by atoms with E-state index in [2.05, 4.69) is 46.7 Å². The maximum atomic E-state index is 6.71. The Hall–Kier alpha value is -3.81. The van der Waals surface area contributed by atoms with Gasteiger partial charge in [0.05, 0.1) is 11.7 Å². The van der Waals surface area contributed by atoms with Crippen LogP contribution in [0.4, 0.5) is 0 Å². The quantitative estimate of drug-likeness (QED) is 0.266. The molecule has 0 spiro atoms. The van der Waals surface area contributed by atoms with Crippen LogP contribution in [0.2, 0.25) is 5.15 Å². The molecular formula is C30H28ClN3O4. The van der Waals surface area contributed by atoms with E-state index >= 15 is 0 Å². The summed E-state index contributed by atoms with van der Waals surface area (Å²) in [4.78, 5) is 0. The monoisotopic (exact) mass is 529 g/mol. The van der Waals surface area contributed by atoms with Crippen LogP contribution in [0.3, 0.4) is 0 Å². The highest BCUT2D eigenvalue weighted by Crippen LogP contribution is 2.39. The van der Waals surface area contributed by atoms with Gasteiger partial charge in [-0.3, -0.25) is 0 Å². The van der Waals surface area contributed by atoms with Gasteiger partial charge in [0.25, 0.3) is 0 Å². The maximum absolute atomic E-state index is 6.71. The highest BCUT2D eigenvalue weighted by atomic mass is 35.5. The van der Waals surface area contributed by atoms with Crippen molar-refractivity contribution in [2.45, 2.75) is 38.8 Å². The summed E-state index contributed by atoms with van der Waals surface area (Å²) >= 11 is 6.71. The lowest BCUT2D eigenvalue weighted by molar-refractivity contribution is 0.173. The van der Waals surface area contributed by atoms with Crippen molar-refractivity contribution in [1.29, 1.82) is 0 Å². The zero-order valence-electron chi connectivity index (χ0n) is 21.1. The van der Waals surface area contributed by atoms with Crippen molar-refractivity contribution >= 4 is 11.6 Å². The molecule has 2 aliphatic heterocycles. The van der Waals surface area contributed by atoms with E-state index in [-0.39, 0.29) is 19.6 Å². The molecule has 0 saturated carbocycles. The molecule has 194 valence electrons. The van der Waals surface area contributed by atoms with Crippen LogP contribution in [0.25, 0.3) is 11.3 Å². The minimum absolute atomic E-state index is 0.178. The molecule has 3 heterocycles. The molecule has 1 aromatic heterocycles. The molecule has 38 heavy (non-hydrogen) atoms. The van der Waals surface area contributed by atoms with Crippen molar-refractivity contribution in [3.05, 3.63) is 94.1 Å². The van der Waals surface area contributed by atoms with Crippen LogP contribution in [-0.4, -0.2) is 23.8 Å². The minimum atomic E-state index is -0.178. The van der Waals surface area contributed by atoms with Crippen molar-refractivity contribution in [2.75, 3.05) is 13.6 Å². The van der Waals surface area contributed by atoms with Crippen LogP contribution < -0.4 is 24.3 Å². The van der Waals surface area contributed by atoms with Gasteiger partial charge in [-0.1, -0.05) is 67.4 Å². The van der Waals surface area contributed by atoms with Crippen LogP contribution >= 0.6 is 11.6 Å². The smallest absolute Gasteiger partial charge is 0.231 e. The molecule has 3 aromatic carbocycles. The van der Waals surface area contributed by atoms with Gasteiger partial charge in [-0.15, -0.1) is 10.2 Å². The fraction of sp³-hybridized carbons (Fsp3) is 0.267. The average Bonchev–Trinajstić information content (AvgIpc) is 3.62. The number of rotatable bonds is 9. The van der Waals surface area contributed by atoms with Crippen LogP contribution in [0.1, 0.15) is 48.1 Å². The van der Waals surface area contributed by atoms with Gasteiger partial charge in [0.15, 0.2) is 28.2 Å².